The third kappa shape index (κ3) is 6.92. The molecule has 7 heteroatoms. The van der Waals surface area contributed by atoms with E-state index in [0.29, 0.717) is 32.3 Å². The quantitative estimate of drug-likeness (QED) is 0.629. The molecule has 1 aliphatic heterocycles. The van der Waals surface area contributed by atoms with Crippen LogP contribution in [0.15, 0.2) is 0 Å². The number of carbonyl (C=O) groups excluding carboxylic acids is 2. The second-order valence-electron chi connectivity index (χ2n) is 7.19. The molecule has 0 radical (unpaired) electrons. The molecule has 7 nitrogen and oxygen atoms in total. The highest BCUT2D eigenvalue weighted by atomic mass is 16.5. The van der Waals surface area contributed by atoms with Crippen LogP contribution in [0.2, 0.25) is 0 Å². The molecule has 0 unspecified atom stereocenters. The second-order valence-corrected chi connectivity index (χ2v) is 7.19. The first-order chi connectivity index (χ1) is 12.1. The molecule has 1 N–H and O–H groups in total. The molecule has 0 atom stereocenters. The van der Waals surface area contributed by atoms with E-state index < -0.39 is 0 Å². The molecule has 1 saturated heterocycles. The SMILES string of the molecule is COCCNC(=O)CN1CCN(CC(=O)N(C)C2CCCCC2)CC1. The maximum Gasteiger partial charge on any atom is 0.236 e. The molecule has 2 rings (SSSR count). The Balaban J connectivity index is 1.64. The summed E-state index contributed by atoms with van der Waals surface area (Å²) >= 11 is 0. The van der Waals surface area contributed by atoms with E-state index in [1.54, 1.807) is 7.11 Å². The van der Waals surface area contributed by atoms with E-state index in [9.17, 15) is 9.59 Å². The second kappa shape index (κ2) is 10.7. The molecule has 0 spiro atoms. The minimum Gasteiger partial charge on any atom is -0.383 e. The van der Waals surface area contributed by atoms with Crippen LogP contribution in [0, 0.1) is 0 Å². The van der Waals surface area contributed by atoms with Gasteiger partial charge in [-0.1, -0.05) is 19.3 Å². The lowest BCUT2D eigenvalue weighted by atomic mass is 9.94. The number of rotatable bonds is 8. The van der Waals surface area contributed by atoms with Gasteiger partial charge in [-0.2, -0.15) is 0 Å². The third-order valence-electron chi connectivity index (χ3n) is 5.34. The summed E-state index contributed by atoms with van der Waals surface area (Å²) in [5.74, 6) is 0.274. The fraction of sp³-hybridized carbons (Fsp3) is 0.889. The first-order valence-corrected chi connectivity index (χ1v) is 9.56. The molecule has 0 aromatic carbocycles. The summed E-state index contributed by atoms with van der Waals surface area (Å²) in [7, 11) is 3.58. The molecular weight excluding hydrogens is 320 g/mol. The first-order valence-electron chi connectivity index (χ1n) is 9.56. The van der Waals surface area contributed by atoms with Crippen LogP contribution in [-0.4, -0.2) is 99.1 Å². The Labute approximate surface area is 151 Å². The molecule has 1 heterocycles. The highest BCUT2D eigenvalue weighted by Crippen LogP contribution is 2.21. The third-order valence-corrected chi connectivity index (χ3v) is 5.34. The van der Waals surface area contributed by atoms with Crippen molar-refractivity contribution in [3.05, 3.63) is 0 Å². The molecule has 144 valence electrons. The van der Waals surface area contributed by atoms with Crippen molar-refractivity contribution in [2.45, 2.75) is 38.1 Å². The number of nitrogens with zero attached hydrogens (tertiary/aromatic N) is 3. The van der Waals surface area contributed by atoms with E-state index in [4.69, 9.17) is 4.74 Å². The smallest absolute Gasteiger partial charge is 0.236 e. The van der Waals surface area contributed by atoms with Gasteiger partial charge in [-0.05, 0) is 12.8 Å². The molecule has 2 aliphatic rings. The van der Waals surface area contributed by atoms with Gasteiger partial charge >= 0.3 is 0 Å². The van der Waals surface area contributed by atoms with Crippen molar-refractivity contribution in [1.29, 1.82) is 0 Å². The standard InChI is InChI=1S/C18H34N4O3/c1-20(16-6-4-3-5-7-16)18(24)15-22-11-9-21(10-12-22)14-17(23)19-8-13-25-2/h16H,3-15H2,1-2H3,(H,19,23). The Morgan fingerprint density at radius 1 is 1.04 bits per heavy atom. The van der Waals surface area contributed by atoms with Crippen molar-refractivity contribution >= 4 is 11.8 Å². The van der Waals surface area contributed by atoms with Crippen molar-refractivity contribution in [3.63, 3.8) is 0 Å². The van der Waals surface area contributed by atoms with Crippen LogP contribution in [0.3, 0.4) is 0 Å². The van der Waals surface area contributed by atoms with Gasteiger partial charge in [0.2, 0.25) is 11.8 Å². The van der Waals surface area contributed by atoms with Crippen LogP contribution in [0.25, 0.3) is 0 Å². The predicted molar refractivity (Wildman–Crippen MR) is 97.4 cm³/mol. The molecule has 1 aliphatic carbocycles. The van der Waals surface area contributed by atoms with Gasteiger partial charge in [-0.25, -0.2) is 0 Å². The predicted octanol–water partition coefficient (Wildman–Crippen LogP) is 0.158. The van der Waals surface area contributed by atoms with Gasteiger partial charge in [0.1, 0.15) is 0 Å². The van der Waals surface area contributed by atoms with Crippen LogP contribution in [-0.2, 0) is 14.3 Å². The summed E-state index contributed by atoms with van der Waals surface area (Å²) < 4.78 is 4.93. The molecule has 0 aromatic heterocycles. The summed E-state index contributed by atoms with van der Waals surface area (Å²) in [5.41, 5.74) is 0. The zero-order valence-corrected chi connectivity index (χ0v) is 15.8. The minimum absolute atomic E-state index is 0.0404. The number of ether oxygens (including phenoxy) is 1. The van der Waals surface area contributed by atoms with Gasteiger partial charge in [0.25, 0.3) is 0 Å². The number of hydrogen-bond acceptors (Lipinski definition) is 5. The normalized spacial score (nSPS) is 20.4. The number of likely N-dealkylation sites (N-methyl/N-ethyl adjacent to an activating group) is 1. The van der Waals surface area contributed by atoms with Crippen molar-refractivity contribution in [2.24, 2.45) is 0 Å². The largest absolute Gasteiger partial charge is 0.383 e. The van der Waals surface area contributed by atoms with E-state index in [1.807, 2.05) is 11.9 Å². The summed E-state index contributed by atoms with van der Waals surface area (Å²) in [5, 5.41) is 2.85. The highest BCUT2D eigenvalue weighted by Gasteiger charge is 2.25. The van der Waals surface area contributed by atoms with Crippen molar-refractivity contribution in [1.82, 2.24) is 20.0 Å². The average Bonchev–Trinajstić information content (AvgIpc) is 2.63. The van der Waals surface area contributed by atoms with Gasteiger partial charge in [0, 0.05) is 52.9 Å². The molecule has 0 aromatic rings. The van der Waals surface area contributed by atoms with Crippen LogP contribution >= 0.6 is 0 Å². The van der Waals surface area contributed by atoms with Crippen LogP contribution in [0.5, 0.6) is 0 Å². The Morgan fingerprint density at radius 2 is 1.64 bits per heavy atom. The summed E-state index contributed by atoms with van der Waals surface area (Å²) in [6.07, 6.45) is 6.09. The number of carbonyl (C=O) groups is 2. The number of piperazine rings is 1. The van der Waals surface area contributed by atoms with Gasteiger partial charge in [-0.15, -0.1) is 0 Å². The van der Waals surface area contributed by atoms with E-state index in [-0.39, 0.29) is 11.8 Å². The first kappa shape index (κ1) is 20.1. The summed E-state index contributed by atoms with van der Waals surface area (Å²) in [4.78, 5) is 30.7. The van der Waals surface area contributed by atoms with Gasteiger partial charge < -0.3 is 15.0 Å². The average molecular weight is 354 g/mol. The molecule has 1 saturated carbocycles. The summed E-state index contributed by atoms with van der Waals surface area (Å²) in [6, 6.07) is 0.429. The highest BCUT2D eigenvalue weighted by molar-refractivity contribution is 5.78. The Hall–Kier alpha value is -1.18. The Kier molecular flexibility index (Phi) is 8.64. The zero-order chi connectivity index (χ0) is 18.1. The van der Waals surface area contributed by atoms with Crippen LogP contribution in [0.1, 0.15) is 32.1 Å². The van der Waals surface area contributed by atoms with E-state index in [2.05, 4.69) is 15.1 Å². The van der Waals surface area contributed by atoms with Crippen molar-refractivity contribution < 1.29 is 14.3 Å². The lowest BCUT2D eigenvalue weighted by Gasteiger charge is -2.36. The topological polar surface area (TPSA) is 65.1 Å². The lowest BCUT2D eigenvalue weighted by Crippen LogP contribution is -2.52. The van der Waals surface area contributed by atoms with E-state index >= 15 is 0 Å². The summed E-state index contributed by atoms with van der Waals surface area (Å²) in [6.45, 7) is 5.36. The number of hydrogen-bond donors (Lipinski definition) is 1. The number of nitrogens with one attached hydrogen (secondary N) is 1. The molecule has 0 bridgehead atoms. The van der Waals surface area contributed by atoms with Gasteiger partial charge in [-0.3, -0.25) is 19.4 Å². The number of methoxy groups -OCH3 is 1. The number of amides is 2. The van der Waals surface area contributed by atoms with Gasteiger partial charge in [0.05, 0.1) is 19.7 Å². The lowest BCUT2D eigenvalue weighted by molar-refractivity contribution is -0.134. The molecule has 2 fully saturated rings. The van der Waals surface area contributed by atoms with Gasteiger partial charge in [0.15, 0.2) is 0 Å². The van der Waals surface area contributed by atoms with Crippen molar-refractivity contribution in [2.75, 3.05) is 66.6 Å². The van der Waals surface area contributed by atoms with Crippen LogP contribution in [0.4, 0.5) is 0 Å². The molecular formula is C18H34N4O3. The molecule has 25 heavy (non-hydrogen) atoms. The maximum absolute atomic E-state index is 12.5. The fourth-order valence-corrected chi connectivity index (χ4v) is 3.63. The zero-order valence-electron chi connectivity index (χ0n) is 15.8. The monoisotopic (exact) mass is 354 g/mol. The van der Waals surface area contributed by atoms with E-state index in [0.717, 1.165) is 39.0 Å². The Morgan fingerprint density at radius 3 is 2.24 bits per heavy atom. The minimum atomic E-state index is 0.0404. The molecule has 2 amide bonds. The van der Waals surface area contributed by atoms with E-state index in [1.165, 1.54) is 19.3 Å². The fourth-order valence-electron chi connectivity index (χ4n) is 3.63. The van der Waals surface area contributed by atoms with Crippen LogP contribution < -0.4 is 5.32 Å². The maximum atomic E-state index is 12.5. The Bertz CT molecular complexity index is 419. The van der Waals surface area contributed by atoms with Crippen molar-refractivity contribution in [3.8, 4) is 0 Å².